The van der Waals surface area contributed by atoms with Crippen molar-refractivity contribution < 1.29 is 0 Å². The topological polar surface area (TPSA) is 28.2 Å². The van der Waals surface area contributed by atoms with Gasteiger partial charge in [0.2, 0.25) is 0 Å². The van der Waals surface area contributed by atoms with Crippen molar-refractivity contribution in [2.75, 3.05) is 35.8 Å². The molecular weight excluding hydrogens is 206 g/mol. The average Bonchev–Trinajstić information content (AvgIpc) is 2.71. The lowest BCUT2D eigenvalue weighted by Gasteiger charge is -2.15. The van der Waals surface area contributed by atoms with Crippen LogP contribution in [-0.4, -0.2) is 36.6 Å². The van der Waals surface area contributed by atoms with Crippen LogP contribution in [0.25, 0.3) is 0 Å². The summed E-state index contributed by atoms with van der Waals surface area (Å²) in [5.41, 5.74) is 0. The highest BCUT2D eigenvalue weighted by atomic mass is 32.2. The predicted octanol–water partition coefficient (Wildman–Crippen LogP) is 2.06. The minimum Gasteiger partial charge on any atom is -0.366 e. The van der Waals surface area contributed by atoms with Gasteiger partial charge in [0.15, 0.2) is 0 Å². The lowest BCUT2D eigenvalue weighted by Crippen LogP contribution is -2.19. The fourth-order valence-electron chi connectivity index (χ4n) is 1.61. The van der Waals surface area contributed by atoms with E-state index in [2.05, 4.69) is 10.3 Å². The molecule has 0 aliphatic carbocycles. The van der Waals surface area contributed by atoms with E-state index in [1.807, 2.05) is 49.0 Å². The summed E-state index contributed by atoms with van der Waals surface area (Å²) in [5.74, 6) is 4.47. The van der Waals surface area contributed by atoms with Gasteiger partial charge in [-0.1, -0.05) is 6.07 Å². The quantitative estimate of drug-likeness (QED) is 0.849. The van der Waals surface area contributed by atoms with Crippen molar-refractivity contribution in [2.24, 2.45) is 0 Å². The monoisotopic (exact) mass is 223 g/mol. The minimum atomic E-state index is 0.597. The number of rotatable bonds is 3. The third kappa shape index (κ3) is 2.78. The fraction of sp³-hybridized carbons (Fsp3) is 0.545. The molecule has 1 aliphatic rings. The Labute approximate surface area is 95.3 Å². The normalized spacial score (nSPS) is 20.3. The Morgan fingerprint density at radius 3 is 3.00 bits per heavy atom. The molecule has 82 valence electrons. The second-order valence-corrected chi connectivity index (χ2v) is 5.13. The maximum atomic E-state index is 4.54. The first-order valence-corrected chi connectivity index (χ1v) is 6.40. The van der Waals surface area contributed by atoms with Gasteiger partial charge >= 0.3 is 0 Å². The zero-order valence-corrected chi connectivity index (χ0v) is 10.0. The van der Waals surface area contributed by atoms with Gasteiger partial charge in [0.05, 0.1) is 0 Å². The highest BCUT2D eigenvalue weighted by molar-refractivity contribution is 7.99. The number of nitrogens with one attached hydrogen (secondary N) is 1. The Kier molecular flexibility index (Phi) is 3.36. The molecule has 0 spiro atoms. The van der Waals surface area contributed by atoms with Crippen molar-refractivity contribution in [2.45, 2.75) is 12.5 Å². The molecule has 0 amide bonds. The Morgan fingerprint density at radius 2 is 2.33 bits per heavy atom. The summed E-state index contributed by atoms with van der Waals surface area (Å²) in [4.78, 5) is 6.56. The Bertz CT molecular complexity index is 321. The zero-order valence-electron chi connectivity index (χ0n) is 9.23. The maximum Gasteiger partial charge on any atom is 0.130 e. The molecule has 2 heterocycles. The summed E-state index contributed by atoms with van der Waals surface area (Å²) >= 11 is 2.01. The molecule has 0 bridgehead atoms. The van der Waals surface area contributed by atoms with E-state index in [0.29, 0.717) is 6.04 Å². The molecule has 15 heavy (non-hydrogen) atoms. The van der Waals surface area contributed by atoms with Gasteiger partial charge in [-0.25, -0.2) is 4.98 Å². The molecule has 1 atom stereocenters. The molecule has 1 aliphatic heterocycles. The largest absolute Gasteiger partial charge is 0.366 e. The first-order valence-electron chi connectivity index (χ1n) is 5.24. The summed E-state index contributed by atoms with van der Waals surface area (Å²) in [6, 6.07) is 6.71. The second-order valence-electron chi connectivity index (χ2n) is 3.98. The molecule has 1 unspecified atom stereocenters. The van der Waals surface area contributed by atoms with Crippen molar-refractivity contribution in [3.63, 3.8) is 0 Å². The van der Waals surface area contributed by atoms with Crippen LogP contribution in [0.3, 0.4) is 0 Å². The van der Waals surface area contributed by atoms with Crippen molar-refractivity contribution >= 4 is 23.4 Å². The van der Waals surface area contributed by atoms with E-state index in [1.165, 1.54) is 17.9 Å². The molecular formula is C11H17N3S. The van der Waals surface area contributed by atoms with E-state index in [1.54, 1.807) is 0 Å². The molecule has 0 radical (unpaired) electrons. The standard InChI is InChI=1S/C11H17N3S/c1-14(2)11-5-3-4-10(13-11)12-9-6-7-15-8-9/h3-5,9H,6-8H2,1-2H3,(H,12,13). The van der Waals surface area contributed by atoms with E-state index in [0.717, 1.165) is 11.6 Å². The van der Waals surface area contributed by atoms with E-state index in [-0.39, 0.29) is 0 Å². The van der Waals surface area contributed by atoms with Crippen LogP contribution in [0, 0.1) is 0 Å². The molecule has 2 rings (SSSR count). The van der Waals surface area contributed by atoms with E-state index in [9.17, 15) is 0 Å². The first kappa shape index (κ1) is 10.6. The molecule has 3 nitrogen and oxygen atoms in total. The summed E-state index contributed by atoms with van der Waals surface area (Å²) in [7, 11) is 4.02. The molecule has 1 aromatic heterocycles. The lowest BCUT2D eigenvalue weighted by molar-refractivity contribution is 0.806. The number of aromatic nitrogens is 1. The van der Waals surface area contributed by atoms with Gasteiger partial charge in [0.25, 0.3) is 0 Å². The van der Waals surface area contributed by atoms with Crippen molar-refractivity contribution in [3.8, 4) is 0 Å². The molecule has 4 heteroatoms. The summed E-state index contributed by atoms with van der Waals surface area (Å²) in [6.45, 7) is 0. The maximum absolute atomic E-state index is 4.54. The molecule has 1 N–H and O–H groups in total. The first-order chi connectivity index (χ1) is 7.25. The number of nitrogens with zero attached hydrogens (tertiary/aromatic N) is 2. The van der Waals surface area contributed by atoms with Gasteiger partial charge in [-0.3, -0.25) is 0 Å². The SMILES string of the molecule is CN(C)c1cccc(NC2CCSC2)n1. The molecule has 1 saturated heterocycles. The number of anilines is 2. The van der Waals surface area contributed by atoms with Crippen molar-refractivity contribution in [3.05, 3.63) is 18.2 Å². The summed E-state index contributed by atoms with van der Waals surface area (Å²) < 4.78 is 0. The van der Waals surface area contributed by atoms with Crippen LogP contribution in [0.15, 0.2) is 18.2 Å². The third-order valence-corrected chi connectivity index (χ3v) is 3.64. The Balaban J connectivity index is 2.04. The highest BCUT2D eigenvalue weighted by Gasteiger charge is 2.15. The number of hydrogen-bond acceptors (Lipinski definition) is 4. The van der Waals surface area contributed by atoms with Crippen LogP contribution < -0.4 is 10.2 Å². The smallest absolute Gasteiger partial charge is 0.130 e. The van der Waals surface area contributed by atoms with Gasteiger partial charge in [0, 0.05) is 25.9 Å². The van der Waals surface area contributed by atoms with E-state index >= 15 is 0 Å². The van der Waals surface area contributed by atoms with Crippen LogP contribution in [0.4, 0.5) is 11.6 Å². The highest BCUT2D eigenvalue weighted by Crippen LogP contribution is 2.21. The molecule has 0 aromatic carbocycles. The van der Waals surface area contributed by atoms with Crippen molar-refractivity contribution in [1.82, 2.24) is 4.98 Å². The van der Waals surface area contributed by atoms with Gasteiger partial charge in [-0.15, -0.1) is 0 Å². The molecule has 0 saturated carbocycles. The Hall–Kier alpha value is -0.900. The minimum absolute atomic E-state index is 0.597. The van der Waals surface area contributed by atoms with E-state index < -0.39 is 0 Å². The van der Waals surface area contributed by atoms with Crippen LogP contribution in [0.1, 0.15) is 6.42 Å². The fourth-order valence-corrected chi connectivity index (χ4v) is 2.76. The Morgan fingerprint density at radius 1 is 1.47 bits per heavy atom. The van der Waals surface area contributed by atoms with Crippen LogP contribution in [0.2, 0.25) is 0 Å². The molecule has 1 fully saturated rings. The summed E-state index contributed by atoms with van der Waals surface area (Å²) in [5, 5.41) is 3.48. The summed E-state index contributed by atoms with van der Waals surface area (Å²) in [6.07, 6.45) is 1.25. The zero-order chi connectivity index (χ0) is 10.7. The van der Waals surface area contributed by atoms with E-state index in [4.69, 9.17) is 0 Å². The third-order valence-electron chi connectivity index (χ3n) is 2.47. The predicted molar refractivity (Wildman–Crippen MR) is 67.9 cm³/mol. The van der Waals surface area contributed by atoms with Gasteiger partial charge in [-0.05, 0) is 24.3 Å². The lowest BCUT2D eigenvalue weighted by atomic mass is 10.2. The van der Waals surface area contributed by atoms with Gasteiger partial charge < -0.3 is 10.2 Å². The van der Waals surface area contributed by atoms with Gasteiger partial charge in [0.1, 0.15) is 11.6 Å². The van der Waals surface area contributed by atoms with Crippen LogP contribution in [-0.2, 0) is 0 Å². The second kappa shape index (κ2) is 4.75. The van der Waals surface area contributed by atoms with Crippen molar-refractivity contribution in [1.29, 1.82) is 0 Å². The average molecular weight is 223 g/mol. The number of pyridine rings is 1. The molecule has 1 aromatic rings. The van der Waals surface area contributed by atoms with Gasteiger partial charge in [-0.2, -0.15) is 11.8 Å². The van der Waals surface area contributed by atoms with Crippen LogP contribution >= 0.6 is 11.8 Å². The number of thioether (sulfide) groups is 1. The van der Waals surface area contributed by atoms with Crippen LogP contribution in [0.5, 0.6) is 0 Å². The number of hydrogen-bond donors (Lipinski definition) is 1.